The van der Waals surface area contributed by atoms with Gasteiger partial charge in [-0.15, -0.1) is 0 Å². The number of nitrogens with zero attached hydrogens (tertiary/aromatic N) is 3. The lowest BCUT2D eigenvalue weighted by Crippen LogP contribution is -2.46. The van der Waals surface area contributed by atoms with Gasteiger partial charge < -0.3 is 10.2 Å². The standard InChI is InChI=1S/C19H19F3N4O2/c1-12-4-2-3-5-15(12)16(27)25-14-6-8-26(9-7-14)17(28)13-10-23-18(24-11-13)19(20,21)22/h2-5,10-11,14H,6-9H2,1H3,(H,25,27). The number of likely N-dealkylation sites (tertiary alicyclic amines) is 1. The molecule has 1 fully saturated rings. The molecule has 3 rings (SSSR count). The Labute approximate surface area is 159 Å². The van der Waals surface area contributed by atoms with Crippen LogP contribution in [0.1, 0.15) is 44.9 Å². The summed E-state index contributed by atoms with van der Waals surface area (Å²) in [5, 5.41) is 2.97. The number of halogens is 3. The molecule has 0 bridgehead atoms. The van der Waals surface area contributed by atoms with Crippen molar-refractivity contribution >= 4 is 11.8 Å². The maximum absolute atomic E-state index is 12.5. The predicted molar refractivity (Wildman–Crippen MR) is 94.6 cm³/mol. The fraction of sp³-hybridized carbons (Fsp3) is 0.368. The molecular formula is C19H19F3N4O2. The van der Waals surface area contributed by atoms with Crippen LogP contribution in [0.3, 0.4) is 0 Å². The number of aromatic nitrogens is 2. The van der Waals surface area contributed by atoms with Gasteiger partial charge >= 0.3 is 6.18 Å². The van der Waals surface area contributed by atoms with Crippen molar-refractivity contribution in [2.45, 2.75) is 32.0 Å². The summed E-state index contributed by atoms with van der Waals surface area (Å²) in [7, 11) is 0. The smallest absolute Gasteiger partial charge is 0.349 e. The number of hydrogen-bond donors (Lipinski definition) is 1. The number of piperidine rings is 1. The number of benzene rings is 1. The first-order valence-corrected chi connectivity index (χ1v) is 8.80. The van der Waals surface area contributed by atoms with Crippen LogP contribution in [0.25, 0.3) is 0 Å². The third-order valence-corrected chi connectivity index (χ3v) is 4.66. The van der Waals surface area contributed by atoms with E-state index in [1.54, 1.807) is 12.1 Å². The molecule has 1 aromatic heterocycles. The fourth-order valence-electron chi connectivity index (χ4n) is 3.09. The van der Waals surface area contributed by atoms with Gasteiger partial charge in [0.1, 0.15) is 0 Å². The molecule has 1 N–H and O–H groups in total. The van der Waals surface area contributed by atoms with Crippen LogP contribution in [0.2, 0.25) is 0 Å². The molecule has 9 heteroatoms. The summed E-state index contributed by atoms with van der Waals surface area (Å²) in [6.07, 6.45) is -1.74. The zero-order valence-electron chi connectivity index (χ0n) is 15.2. The van der Waals surface area contributed by atoms with E-state index in [4.69, 9.17) is 0 Å². The van der Waals surface area contributed by atoms with Crippen LogP contribution in [0.15, 0.2) is 36.7 Å². The van der Waals surface area contributed by atoms with Crippen molar-refractivity contribution in [1.29, 1.82) is 0 Å². The lowest BCUT2D eigenvalue weighted by Gasteiger charge is -2.32. The molecule has 28 heavy (non-hydrogen) atoms. The molecule has 1 aromatic carbocycles. The monoisotopic (exact) mass is 392 g/mol. The zero-order valence-corrected chi connectivity index (χ0v) is 15.2. The van der Waals surface area contributed by atoms with Crippen LogP contribution in [0.4, 0.5) is 13.2 Å². The van der Waals surface area contributed by atoms with E-state index in [1.807, 2.05) is 19.1 Å². The molecule has 0 atom stereocenters. The van der Waals surface area contributed by atoms with Crippen LogP contribution in [-0.2, 0) is 6.18 Å². The first-order chi connectivity index (χ1) is 13.3. The van der Waals surface area contributed by atoms with Gasteiger partial charge in [-0.25, -0.2) is 9.97 Å². The normalized spacial score (nSPS) is 15.4. The molecule has 0 saturated carbocycles. The largest absolute Gasteiger partial charge is 0.451 e. The minimum Gasteiger partial charge on any atom is -0.349 e. The lowest BCUT2D eigenvalue weighted by atomic mass is 10.0. The molecular weight excluding hydrogens is 373 g/mol. The molecule has 0 unspecified atom stereocenters. The van der Waals surface area contributed by atoms with Crippen molar-refractivity contribution in [3.8, 4) is 0 Å². The molecule has 2 heterocycles. The number of carbonyl (C=O) groups excluding carboxylic acids is 2. The Morgan fingerprint density at radius 2 is 1.71 bits per heavy atom. The minimum atomic E-state index is -4.64. The Kier molecular flexibility index (Phi) is 5.62. The molecule has 1 aliphatic rings. The van der Waals surface area contributed by atoms with E-state index in [0.717, 1.165) is 18.0 Å². The summed E-state index contributed by atoms with van der Waals surface area (Å²) in [6, 6.07) is 7.22. The number of nitrogens with one attached hydrogen (secondary N) is 1. The third kappa shape index (κ3) is 4.47. The van der Waals surface area contributed by atoms with Gasteiger partial charge in [0.2, 0.25) is 5.82 Å². The van der Waals surface area contributed by atoms with Crippen molar-refractivity contribution in [3.63, 3.8) is 0 Å². The number of hydrogen-bond acceptors (Lipinski definition) is 4. The minimum absolute atomic E-state index is 0.00963. The predicted octanol–water partition coefficient (Wildman–Crippen LogP) is 2.84. The Morgan fingerprint density at radius 1 is 1.11 bits per heavy atom. The van der Waals surface area contributed by atoms with Gasteiger partial charge in [-0.3, -0.25) is 9.59 Å². The first-order valence-electron chi connectivity index (χ1n) is 8.80. The molecule has 0 radical (unpaired) electrons. The van der Waals surface area contributed by atoms with Crippen LogP contribution >= 0.6 is 0 Å². The van der Waals surface area contributed by atoms with E-state index >= 15 is 0 Å². The quantitative estimate of drug-likeness (QED) is 0.872. The summed E-state index contributed by atoms with van der Waals surface area (Å²) in [4.78, 5) is 32.8. The number of carbonyl (C=O) groups is 2. The molecule has 1 saturated heterocycles. The summed E-state index contributed by atoms with van der Waals surface area (Å²) < 4.78 is 37.5. The average molecular weight is 392 g/mol. The van der Waals surface area contributed by atoms with Gasteiger partial charge in [-0.2, -0.15) is 13.2 Å². The lowest BCUT2D eigenvalue weighted by molar-refractivity contribution is -0.145. The molecule has 148 valence electrons. The van der Waals surface area contributed by atoms with E-state index in [9.17, 15) is 22.8 Å². The topological polar surface area (TPSA) is 75.2 Å². The molecule has 6 nitrogen and oxygen atoms in total. The Hall–Kier alpha value is -2.97. The van der Waals surface area contributed by atoms with E-state index in [0.29, 0.717) is 31.5 Å². The molecule has 0 aliphatic carbocycles. The second-order valence-electron chi connectivity index (χ2n) is 6.65. The number of rotatable bonds is 3. The van der Waals surface area contributed by atoms with E-state index in [-0.39, 0.29) is 17.5 Å². The van der Waals surface area contributed by atoms with Gasteiger partial charge in [-0.1, -0.05) is 18.2 Å². The fourth-order valence-corrected chi connectivity index (χ4v) is 3.09. The number of alkyl halides is 3. The van der Waals surface area contributed by atoms with Crippen molar-refractivity contribution in [3.05, 3.63) is 59.2 Å². The van der Waals surface area contributed by atoms with Crippen molar-refractivity contribution in [2.75, 3.05) is 13.1 Å². The van der Waals surface area contributed by atoms with E-state index in [1.165, 1.54) is 4.90 Å². The van der Waals surface area contributed by atoms with Crippen molar-refractivity contribution in [1.82, 2.24) is 20.2 Å². The van der Waals surface area contributed by atoms with Gasteiger partial charge in [-0.05, 0) is 31.4 Å². The third-order valence-electron chi connectivity index (χ3n) is 4.66. The van der Waals surface area contributed by atoms with Crippen molar-refractivity contribution < 1.29 is 22.8 Å². The molecule has 1 aliphatic heterocycles. The average Bonchev–Trinajstić information content (AvgIpc) is 2.68. The van der Waals surface area contributed by atoms with Crippen LogP contribution in [0, 0.1) is 6.92 Å². The number of amides is 2. The van der Waals surface area contributed by atoms with Gasteiger partial charge in [0, 0.05) is 37.1 Å². The Bertz CT molecular complexity index is 860. The van der Waals surface area contributed by atoms with Crippen LogP contribution < -0.4 is 5.32 Å². The van der Waals surface area contributed by atoms with Gasteiger partial charge in [0.25, 0.3) is 11.8 Å². The zero-order chi connectivity index (χ0) is 20.3. The van der Waals surface area contributed by atoms with Crippen LogP contribution in [0.5, 0.6) is 0 Å². The SMILES string of the molecule is Cc1ccccc1C(=O)NC1CCN(C(=O)c2cnc(C(F)(F)F)nc2)CC1. The van der Waals surface area contributed by atoms with E-state index in [2.05, 4.69) is 15.3 Å². The van der Waals surface area contributed by atoms with Gasteiger partial charge in [0.15, 0.2) is 0 Å². The summed E-state index contributed by atoms with van der Waals surface area (Å²) in [5.41, 5.74) is 1.51. The number of aryl methyl sites for hydroxylation is 1. The second kappa shape index (κ2) is 7.95. The first kappa shape index (κ1) is 19.8. The highest BCUT2D eigenvalue weighted by molar-refractivity contribution is 5.96. The van der Waals surface area contributed by atoms with Crippen molar-refractivity contribution in [2.24, 2.45) is 0 Å². The molecule has 2 amide bonds. The highest BCUT2D eigenvalue weighted by Crippen LogP contribution is 2.25. The summed E-state index contributed by atoms with van der Waals surface area (Å²) in [6.45, 7) is 2.64. The summed E-state index contributed by atoms with van der Waals surface area (Å²) >= 11 is 0. The maximum atomic E-state index is 12.5. The Morgan fingerprint density at radius 3 is 2.29 bits per heavy atom. The Balaban J connectivity index is 1.55. The maximum Gasteiger partial charge on any atom is 0.451 e. The van der Waals surface area contributed by atoms with E-state index < -0.39 is 17.9 Å². The highest BCUT2D eigenvalue weighted by Gasteiger charge is 2.35. The van der Waals surface area contributed by atoms with Gasteiger partial charge in [0.05, 0.1) is 5.56 Å². The van der Waals surface area contributed by atoms with Crippen LogP contribution in [-0.4, -0.2) is 45.8 Å². The second-order valence-corrected chi connectivity index (χ2v) is 6.65. The highest BCUT2D eigenvalue weighted by atomic mass is 19.4. The molecule has 0 spiro atoms. The summed E-state index contributed by atoms with van der Waals surface area (Å²) in [5.74, 6) is -1.85. The molecule has 2 aromatic rings.